The van der Waals surface area contributed by atoms with E-state index in [0.29, 0.717) is 21.6 Å². The lowest BCUT2D eigenvalue weighted by atomic mass is 10.5. The molecule has 0 saturated heterocycles. The van der Waals surface area contributed by atoms with Gasteiger partial charge in [-0.1, -0.05) is 0 Å². The van der Waals surface area contributed by atoms with Crippen molar-refractivity contribution in [3.8, 4) is 0 Å². The van der Waals surface area contributed by atoms with Crippen molar-refractivity contribution in [2.75, 3.05) is 11.5 Å². The maximum Gasteiger partial charge on any atom is 0.266 e. The van der Waals surface area contributed by atoms with Gasteiger partial charge in [0.25, 0.3) is 12.2 Å². The number of rotatable bonds is 8. The Morgan fingerprint density at radius 1 is 0.900 bits per heavy atom. The van der Waals surface area contributed by atoms with Gasteiger partial charge in [0.2, 0.25) is 0 Å². The number of thioether (sulfide) groups is 2. The Balaban J connectivity index is 2.37. The molecule has 0 amide bonds. The van der Waals surface area contributed by atoms with Gasteiger partial charge in [0.15, 0.2) is 0 Å². The first-order chi connectivity index (χ1) is 9.58. The van der Waals surface area contributed by atoms with Crippen LogP contribution in [-0.2, 0) is 0 Å². The Labute approximate surface area is 122 Å². The maximum atomic E-state index is 11.8. The number of hydrogen-bond donors (Lipinski definition) is 0. The van der Waals surface area contributed by atoms with Crippen LogP contribution < -0.4 is 0 Å². The molecule has 1 aromatic heterocycles. The summed E-state index contributed by atoms with van der Waals surface area (Å²) in [6, 6.07) is 1.72. The van der Waals surface area contributed by atoms with E-state index < -0.39 is 12.2 Å². The second-order valence-electron chi connectivity index (χ2n) is 3.46. The molecule has 0 unspecified atom stereocenters. The average Bonchev–Trinajstić information content (AvgIpc) is 2.40. The quantitative estimate of drug-likeness (QED) is 0.291. The van der Waals surface area contributed by atoms with Crippen molar-refractivity contribution in [3.05, 3.63) is 36.7 Å². The van der Waals surface area contributed by atoms with Crippen molar-refractivity contribution in [1.29, 1.82) is 0 Å². The molecule has 20 heavy (non-hydrogen) atoms. The molecule has 0 fully saturated rings. The summed E-state index contributed by atoms with van der Waals surface area (Å²) in [7, 11) is 0. The first-order valence-corrected chi connectivity index (χ1v) is 7.65. The van der Waals surface area contributed by atoms with Crippen LogP contribution in [0.15, 0.2) is 46.8 Å². The normalized spacial score (nSPS) is 10.2. The lowest BCUT2D eigenvalue weighted by Gasteiger charge is -2.02. The smallest absolute Gasteiger partial charge is 0.230 e. The summed E-state index contributed by atoms with van der Waals surface area (Å²) in [5, 5.41) is 1.37. The van der Waals surface area contributed by atoms with E-state index in [-0.39, 0.29) is 12.8 Å². The highest BCUT2D eigenvalue weighted by molar-refractivity contribution is 8.00. The van der Waals surface area contributed by atoms with Crippen LogP contribution in [0.2, 0.25) is 0 Å². The summed E-state index contributed by atoms with van der Waals surface area (Å²) >= 11 is 2.69. The fourth-order valence-electron chi connectivity index (χ4n) is 1.14. The van der Waals surface area contributed by atoms with E-state index in [1.807, 2.05) is 0 Å². The predicted molar refractivity (Wildman–Crippen MR) is 73.3 cm³/mol. The molecule has 0 aliphatic carbocycles. The van der Waals surface area contributed by atoms with Gasteiger partial charge >= 0.3 is 0 Å². The fraction of sp³-hybridized carbons (Fsp3) is 0.333. The number of aromatic nitrogens is 2. The van der Waals surface area contributed by atoms with Crippen molar-refractivity contribution in [2.45, 2.75) is 22.9 Å². The van der Waals surface area contributed by atoms with Crippen molar-refractivity contribution in [3.63, 3.8) is 0 Å². The summed E-state index contributed by atoms with van der Waals surface area (Å²) in [6.07, 6.45) is 0.265. The zero-order chi connectivity index (χ0) is 14.8. The molecule has 0 saturated carbocycles. The molecule has 0 aliphatic rings. The summed E-state index contributed by atoms with van der Waals surface area (Å²) in [5.74, 6) is 0.989. The van der Waals surface area contributed by atoms with E-state index >= 15 is 0 Å². The zero-order valence-corrected chi connectivity index (χ0v) is 12.0. The number of nitrogens with zero attached hydrogens (tertiary/aromatic N) is 2. The van der Waals surface area contributed by atoms with Crippen LogP contribution in [0.5, 0.6) is 0 Å². The second-order valence-corrected chi connectivity index (χ2v) is 5.69. The maximum absolute atomic E-state index is 11.8. The van der Waals surface area contributed by atoms with Crippen LogP contribution in [0.25, 0.3) is 0 Å². The molecule has 0 radical (unpaired) electrons. The lowest BCUT2D eigenvalue weighted by molar-refractivity contribution is 0.417. The van der Waals surface area contributed by atoms with Crippen LogP contribution in [0.4, 0.5) is 17.6 Å². The Hall–Kier alpha value is -1.02. The minimum Gasteiger partial charge on any atom is -0.230 e. The van der Waals surface area contributed by atoms with Crippen molar-refractivity contribution in [1.82, 2.24) is 9.97 Å². The van der Waals surface area contributed by atoms with Crippen molar-refractivity contribution in [2.24, 2.45) is 0 Å². The molecule has 0 N–H and O–H groups in total. The highest BCUT2D eigenvalue weighted by Gasteiger charge is 2.01. The van der Waals surface area contributed by atoms with Crippen LogP contribution in [0.3, 0.4) is 0 Å². The molecule has 0 bridgehead atoms. The van der Waals surface area contributed by atoms with E-state index in [0.717, 1.165) is 12.2 Å². The monoisotopic (exact) mass is 324 g/mol. The Bertz CT molecular complexity index is 433. The Kier molecular flexibility index (Phi) is 8.36. The van der Waals surface area contributed by atoms with Crippen molar-refractivity contribution < 1.29 is 17.6 Å². The minimum atomic E-state index is -1.68. The van der Waals surface area contributed by atoms with E-state index in [1.165, 1.54) is 29.9 Å². The molecule has 1 aromatic rings. The first kappa shape index (κ1) is 17.0. The Morgan fingerprint density at radius 3 is 1.75 bits per heavy atom. The fourth-order valence-corrected chi connectivity index (χ4v) is 2.74. The summed E-state index contributed by atoms with van der Waals surface area (Å²) in [4.78, 5) is 8.02. The van der Waals surface area contributed by atoms with Gasteiger partial charge in [0.1, 0.15) is 16.4 Å². The summed E-state index contributed by atoms with van der Waals surface area (Å²) in [6.45, 7) is 0. The number of allylic oxidation sites excluding steroid dienone is 2. The summed E-state index contributed by atoms with van der Waals surface area (Å²) < 4.78 is 47.3. The first-order valence-electron chi connectivity index (χ1n) is 5.68. The van der Waals surface area contributed by atoms with Gasteiger partial charge in [-0.25, -0.2) is 9.97 Å². The molecule has 110 valence electrons. The number of halogens is 4. The molecule has 0 spiro atoms. The van der Waals surface area contributed by atoms with Crippen LogP contribution >= 0.6 is 23.5 Å². The van der Waals surface area contributed by atoms with E-state index in [2.05, 4.69) is 9.97 Å². The van der Waals surface area contributed by atoms with Crippen LogP contribution in [0.1, 0.15) is 12.8 Å². The van der Waals surface area contributed by atoms with E-state index in [1.54, 1.807) is 6.07 Å². The molecule has 0 atom stereocenters. The average molecular weight is 324 g/mol. The van der Waals surface area contributed by atoms with Gasteiger partial charge in [-0.15, -0.1) is 23.5 Å². The van der Waals surface area contributed by atoms with Crippen molar-refractivity contribution >= 4 is 23.5 Å². The zero-order valence-electron chi connectivity index (χ0n) is 10.4. The molecule has 2 nitrogen and oxygen atoms in total. The number of hydrogen-bond acceptors (Lipinski definition) is 4. The Morgan fingerprint density at radius 2 is 1.35 bits per heavy atom. The van der Waals surface area contributed by atoms with Crippen LogP contribution in [-0.4, -0.2) is 21.5 Å². The second kappa shape index (κ2) is 9.82. The van der Waals surface area contributed by atoms with E-state index in [4.69, 9.17) is 0 Å². The minimum absolute atomic E-state index is 0.264. The van der Waals surface area contributed by atoms with Gasteiger partial charge in [-0.3, -0.25) is 0 Å². The predicted octanol–water partition coefficient (Wildman–Crippen LogP) is 5.00. The molecule has 0 aromatic carbocycles. The third-order valence-electron chi connectivity index (χ3n) is 1.95. The van der Waals surface area contributed by atoms with E-state index in [9.17, 15) is 17.6 Å². The largest absolute Gasteiger partial charge is 0.266 e. The van der Waals surface area contributed by atoms with Crippen LogP contribution in [0, 0.1) is 0 Å². The standard InChI is InChI=1S/C12H12F4N2S2/c13-9(14)3-1-5-19-11-7-12(18-8-17-11)20-6-2-4-10(15)16/h3-4,7-8H,1-2,5-6H2. The molecule has 0 aliphatic heterocycles. The molecule has 8 heteroatoms. The highest BCUT2D eigenvalue weighted by atomic mass is 32.2. The molecular weight excluding hydrogens is 312 g/mol. The third kappa shape index (κ3) is 8.21. The van der Waals surface area contributed by atoms with Gasteiger partial charge in [0.05, 0.1) is 0 Å². The van der Waals surface area contributed by atoms with Gasteiger partial charge in [-0.05, 0) is 25.0 Å². The molecule has 1 heterocycles. The molecule has 1 rings (SSSR count). The highest BCUT2D eigenvalue weighted by Crippen LogP contribution is 2.22. The summed E-state index contributed by atoms with van der Waals surface area (Å²) in [5.41, 5.74) is 0. The third-order valence-corrected chi connectivity index (χ3v) is 3.87. The molecular formula is C12H12F4N2S2. The van der Waals surface area contributed by atoms with Gasteiger partial charge in [0, 0.05) is 17.6 Å². The topological polar surface area (TPSA) is 25.8 Å². The lowest BCUT2D eigenvalue weighted by Crippen LogP contribution is -1.88. The van der Waals surface area contributed by atoms with Gasteiger partial charge < -0.3 is 0 Å². The SMILES string of the molecule is FC(F)=CCCSc1cc(SCCC=C(F)F)ncn1. The van der Waals surface area contributed by atoms with Gasteiger partial charge in [-0.2, -0.15) is 17.6 Å².